The predicted octanol–water partition coefficient (Wildman–Crippen LogP) is 0.978. The number of hydrogen-bond donors (Lipinski definition) is 2. The Labute approximate surface area is 120 Å². The number of fused-ring (bicyclic) bond motifs is 1. The average molecular weight is 286 g/mol. The summed E-state index contributed by atoms with van der Waals surface area (Å²) in [7, 11) is -0.598. The van der Waals surface area contributed by atoms with Crippen molar-refractivity contribution in [2.24, 2.45) is 0 Å². The van der Waals surface area contributed by atoms with Gasteiger partial charge in [-0.05, 0) is 23.0 Å². The number of aromatic carboxylic acids is 2. The molecule has 0 bridgehead atoms. The highest BCUT2D eigenvalue weighted by molar-refractivity contribution is 6.65. The van der Waals surface area contributed by atoms with E-state index < -0.39 is 19.1 Å². The van der Waals surface area contributed by atoms with E-state index in [9.17, 15) is 19.8 Å². The molecule has 0 radical (unpaired) electrons. The smallest absolute Gasteiger partial charge is 0.478 e. The van der Waals surface area contributed by atoms with E-state index in [2.05, 4.69) is 0 Å². The fourth-order valence-electron chi connectivity index (χ4n) is 2.53. The zero-order chi connectivity index (χ0) is 15.0. The topological polar surface area (TPSA) is 93.1 Å². The van der Waals surface area contributed by atoms with Gasteiger partial charge in [0.05, 0.1) is 24.3 Å². The van der Waals surface area contributed by atoms with Gasteiger partial charge in [-0.2, -0.15) is 0 Å². The van der Waals surface area contributed by atoms with Crippen LogP contribution >= 0.6 is 0 Å². The third kappa shape index (κ3) is 2.26. The fraction of sp³-hybridized carbons (Fsp3) is 0.143. The van der Waals surface area contributed by atoms with E-state index >= 15 is 0 Å². The highest BCUT2D eigenvalue weighted by Gasteiger charge is 2.30. The average Bonchev–Trinajstić information content (AvgIpc) is 2.99. The standard InChI is InChI=1S/C14H11BO6/c16-13(17)9-3-1-2-8-11(15-20-6-7-21-15)5-4-10(12(8)9)14(18)19/h1-5H,6-7H2,(H,16,17)(H,18,19). The van der Waals surface area contributed by atoms with Gasteiger partial charge >= 0.3 is 19.1 Å². The monoisotopic (exact) mass is 286 g/mol. The molecule has 21 heavy (non-hydrogen) atoms. The van der Waals surface area contributed by atoms with Crippen LogP contribution in [-0.2, 0) is 9.31 Å². The quantitative estimate of drug-likeness (QED) is 0.817. The molecule has 1 saturated heterocycles. The molecule has 1 heterocycles. The Morgan fingerprint density at radius 2 is 1.57 bits per heavy atom. The predicted molar refractivity (Wildman–Crippen MR) is 75.2 cm³/mol. The number of carboxylic acid groups (broad SMARTS) is 2. The van der Waals surface area contributed by atoms with Gasteiger partial charge in [0.1, 0.15) is 0 Å². The van der Waals surface area contributed by atoms with Crippen LogP contribution < -0.4 is 5.46 Å². The lowest BCUT2D eigenvalue weighted by molar-refractivity contribution is 0.0695. The van der Waals surface area contributed by atoms with Crippen LogP contribution in [0, 0.1) is 0 Å². The van der Waals surface area contributed by atoms with Gasteiger partial charge in [-0.1, -0.05) is 18.2 Å². The Kier molecular flexibility index (Phi) is 3.36. The Morgan fingerprint density at radius 3 is 2.19 bits per heavy atom. The van der Waals surface area contributed by atoms with Crippen LogP contribution in [0.15, 0.2) is 30.3 Å². The van der Waals surface area contributed by atoms with Gasteiger partial charge in [-0.15, -0.1) is 0 Å². The SMILES string of the molecule is O=C(O)c1cccc2c(B3OCCO3)ccc(C(=O)O)c12. The van der Waals surface area contributed by atoms with Crippen molar-refractivity contribution in [3.8, 4) is 0 Å². The first kappa shape index (κ1) is 13.6. The first-order valence-electron chi connectivity index (χ1n) is 6.35. The Hall–Kier alpha value is -2.38. The minimum absolute atomic E-state index is 0.0512. The molecule has 0 amide bonds. The molecule has 1 aliphatic rings. The lowest BCUT2D eigenvalue weighted by atomic mass is 9.75. The molecule has 3 rings (SSSR count). The van der Waals surface area contributed by atoms with Gasteiger partial charge in [0.25, 0.3) is 0 Å². The lowest BCUT2D eigenvalue weighted by Crippen LogP contribution is -2.32. The van der Waals surface area contributed by atoms with Crippen LogP contribution in [0.1, 0.15) is 20.7 Å². The molecule has 0 unspecified atom stereocenters. The number of rotatable bonds is 3. The van der Waals surface area contributed by atoms with E-state index in [4.69, 9.17) is 9.31 Å². The molecule has 0 spiro atoms. The van der Waals surface area contributed by atoms with Crippen LogP contribution in [0.4, 0.5) is 0 Å². The Morgan fingerprint density at radius 1 is 0.952 bits per heavy atom. The highest BCUT2D eigenvalue weighted by Crippen LogP contribution is 2.23. The largest absolute Gasteiger partial charge is 0.494 e. The molecule has 0 saturated carbocycles. The summed E-state index contributed by atoms with van der Waals surface area (Å²) in [5, 5.41) is 19.3. The summed E-state index contributed by atoms with van der Waals surface area (Å²) >= 11 is 0. The Balaban J connectivity index is 2.34. The Bertz CT molecular complexity index is 715. The van der Waals surface area contributed by atoms with Crippen molar-refractivity contribution in [1.29, 1.82) is 0 Å². The minimum atomic E-state index is -1.17. The molecular formula is C14H11BO6. The first-order chi connectivity index (χ1) is 10.1. The summed E-state index contributed by atoms with van der Waals surface area (Å²) in [6.07, 6.45) is 0. The minimum Gasteiger partial charge on any atom is -0.478 e. The number of hydrogen-bond acceptors (Lipinski definition) is 4. The third-order valence-corrected chi connectivity index (χ3v) is 3.41. The van der Waals surface area contributed by atoms with E-state index in [0.717, 1.165) is 0 Å². The maximum absolute atomic E-state index is 11.4. The van der Waals surface area contributed by atoms with Gasteiger partial charge in [0.2, 0.25) is 0 Å². The van der Waals surface area contributed by atoms with Gasteiger partial charge in [-0.3, -0.25) is 0 Å². The van der Waals surface area contributed by atoms with Crippen molar-refractivity contribution < 1.29 is 29.1 Å². The summed E-state index contributed by atoms with van der Waals surface area (Å²) in [6, 6.07) is 7.63. The molecule has 2 aromatic carbocycles. The maximum Gasteiger partial charge on any atom is 0.494 e. The zero-order valence-electron chi connectivity index (χ0n) is 10.9. The van der Waals surface area contributed by atoms with Gasteiger partial charge in [0, 0.05) is 5.39 Å². The van der Waals surface area contributed by atoms with Crippen LogP contribution in [0.25, 0.3) is 10.8 Å². The maximum atomic E-state index is 11.4. The van der Waals surface area contributed by atoms with Crippen molar-refractivity contribution in [2.45, 2.75) is 0 Å². The van der Waals surface area contributed by atoms with E-state index in [-0.39, 0.29) is 16.5 Å². The second kappa shape index (κ2) is 5.19. The number of carboxylic acids is 2. The van der Waals surface area contributed by atoms with Crippen LogP contribution in [-0.4, -0.2) is 42.5 Å². The van der Waals surface area contributed by atoms with E-state index in [1.54, 1.807) is 18.2 Å². The van der Waals surface area contributed by atoms with Crippen LogP contribution in [0.3, 0.4) is 0 Å². The van der Waals surface area contributed by atoms with E-state index in [1.807, 2.05) is 0 Å². The second-order valence-corrected chi connectivity index (χ2v) is 4.61. The lowest BCUT2D eigenvalue weighted by Gasteiger charge is -2.12. The molecular weight excluding hydrogens is 275 g/mol. The molecule has 1 fully saturated rings. The molecule has 1 aliphatic heterocycles. The number of carbonyl (C=O) groups is 2. The summed E-state index contributed by atoms with van der Waals surface area (Å²) in [5.74, 6) is -2.35. The van der Waals surface area contributed by atoms with E-state index in [0.29, 0.717) is 24.1 Å². The molecule has 7 heteroatoms. The zero-order valence-corrected chi connectivity index (χ0v) is 10.9. The first-order valence-corrected chi connectivity index (χ1v) is 6.35. The van der Waals surface area contributed by atoms with E-state index in [1.165, 1.54) is 12.1 Å². The van der Waals surface area contributed by atoms with Gasteiger partial charge in [0.15, 0.2) is 0 Å². The second-order valence-electron chi connectivity index (χ2n) is 4.61. The van der Waals surface area contributed by atoms with Crippen molar-refractivity contribution in [1.82, 2.24) is 0 Å². The summed E-state index contributed by atoms with van der Waals surface area (Å²) in [5.41, 5.74) is 0.532. The van der Waals surface area contributed by atoms with Crippen molar-refractivity contribution in [2.75, 3.05) is 13.2 Å². The molecule has 6 nitrogen and oxygen atoms in total. The van der Waals surface area contributed by atoms with Crippen LogP contribution in [0.5, 0.6) is 0 Å². The molecule has 0 aromatic heterocycles. The molecule has 0 aliphatic carbocycles. The molecule has 0 atom stereocenters. The molecule has 2 aromatic rings. The van der Waals surface area contributed by atoms with Crippen molar-refractivity contribution in [3.05, 3.63) is 41.5 Å². The van der Waals surface area contributed by atoms with Gasteiger partial charge < -0.3 is 19.5 Å². The molecule has 2 N–H and O–H groups in total. The third-order valence-electron chi connectivity index (χ3n) is 3.41. The van der Waals surface area contributed by atoms with Crippen molar-refractivity contribution >= 4 is 35.3 Å². The normalized spacial score (nSPS) is 14.6. The molecule has 106 valence electrons. The van der Waals surface area contributed by atoms with Gasteiger partial charge in [-0.25, -0.2) is 9.59 Å². The summed E-state index contributed by atoms with van der Waals surface area (Å²) in [4.78, 5) is 22.7. The number of benzene rings is 2. The van der Waals surface area contributed by atoms with Crippen molar-refractivity contribution in [3.63, 3.8) is 0 Å². The highest BCUT2D eigenvalue weighted by atomic mass is 16.6. The fourth-order valence-corrected chi connectivity index (χ4v) is 2.53. The summed E-state index contributed by atoms with van der Waals surface area (Å²) < 4.78 is 10.9. The van der Waals surface area contributed by atoms with Crippen LogP contribution in [0.2, 0.25) is 0 Å². The summed E-state index contributed by atoms with van der Waals surface area (Å²) in [6.45, 7) is 0.900.